The molecule has 0 fully saturated rings. The molecule has 15 heavy (non-hydrogen) atoms. The molecule has 0 bridgehead atoms. The molecule has 76 valence electrons. The Morgan fingerprint density at radius 1 is 1.27 bits per heavy atom. The quantitative estimate of drug-likeness (QED) is 0.732. The van der Waals surface area contributed by atoms with Gasteiger partial charge in [0.1, 0.15) is 0 Å². The van der Waals surface area contributed by atoms with Crippen LogP contribution in [-0.4, -0.2) is 16.5 Å². The second-order valence-corrected chi connectivity index (χ2v) is 4.54. The van der Waals surface area contributed by atoms with Crippen molar-refractivity contribution in [2.75, 3.05) is 11.4 Å². The number of pyridine rings is 1. The van der Waals surface area contributed by atoms with E-state index in [1.165, 1.54) is 16.3 Å². The zero-order chi connectivity index (χ0) is 10.1. The zero-order valence-electron chi connectivity index (χ0n) is 8.26. The van der Waals surface area contributed by atoms with Crippen LogP contribution in [0.15, 0.2) is 30.0 Å². The predicted molar refractivity (Wildman–Crippen MR) is 61.1 cm³/mol. The third-order valence-electron chi connectivity index (χ3n) is 2.71. The van der Waals surface area contributed by atoms with Crippen molar-refractivity contribution in [2.45, 2.75) is 13.0 Å². The highest BCUT2D eigenvalue weighted by Gasteiger charge is 2.18. The van der Waals surface area contributed by atoms with Crippen LogP contribution in [0.2, 0.25) is 0 Å². The monoisotopic (exact) mass is 217 g/mol. The second kappa shape index (κ2) is 3.62. The molecule has 3 heterocycles. The summed E-state index contributed by atoms with van der Waals surface area (Å²) in [5, 5.41) is 0. The Hall–Kier alpha value is -1.42. The molecule has 0 aromatic carbocycles. The molecular formula is C11H11N3S. The van der Waals surface area contributed by atoms with E-state index < -0.39 is 0 Å². The van der Waals surface area contributed by atoms with Crippen LogP contribution in [0.25, 0.3) is 0 Å². The van der Waals surface area contributed by atoms with Gasteiger partial charge in [0, 0.05) is 35.9 Å². The molecule has 0 radical (unpaired) electrons. The van der Waals surface area contributed by atoms with Crippen molar-refractivity contribution in [1.82, 2.24) is 9.97 Å². The first-order valence-electron chi connectivity index (χ1n) is 5.00. The van der Waals surface area contributed by atoms with Crippen LogP contribution in [0.4, 0.5) is 5.69 Å². The summed E-state index contributed by atoms with van der Waals surface area (Å²) in [6, 6.07) is 4.12. The zero-order valence-corrected chi connectivity index (χ0v) is 9.07. The van der Waals surface area contributed by atoms with E-state index in [4.69, 9.17) is 0 Å². The second-order valence-electron chi connectivity index (χ2n) is 3.60. The average Bonchev–Trinajstić information content (AvgIpc) is 2.77. The van der Waals surface area contributed by atoms with Crippen LogP contribution in [-0.2, 0) is 13.0 Å². The molecular weight excluding hydrogens is 206 g/mol. The van der Waals surface area contributed by atoms with Gasteiger partial charge in [0.25, 0.3) is 0 Å². The first-order valence-corrected chi connectivity index (χ1v) is 5.87. The summed E-state index contributed by atoms with van der Waals surface area (Å²) in [4.78, 5) is 12.2. The normalized spacial score (nSPS) is 15.1. The lowest BCUT2D eigenvalue weighted by Crippen LogP contribution is -2.29. The van der Waals surface area contributed by atoms with Crippen LogP contribution in [0.3, 0.4) is 0 Å². The molecule has 2 aromatic heterocycles. The summed E-state index contributed by atoms with van der Waals surface area (Å²) < 4.78 is 0. The number of thiazole rings is 1. The first-order chi connectivity index (χ1) is 7.43. The number of nitrogens with zero attached hydrogens (tertiary/aromatic N) is 3. The highest BCUT2D eigenvalue weighted by molar-refractivity contribution is 7.09. The molecule has 4 heteroatoms. The van der Waals surface area contributed by atoms with Gasteiger partial charge in [-0.15, -0.1) is 11.3 Å². The maximum Gasteiger partial charge on any atom is 0.0798 e. The smallest absolute Gasteiger partial charge is 0.0798 e. The topological polar surface area (TPSA) is 29.0 Å². The third-order valence-corrected chi connectivity index (χ3v) is 3.57. The standard InChI is InChI=1S/C11H11N3S/c1-4-12-5-2-9(1)14-6-3-10-11(7-14)15-8-13-10/h1-2,4-5,8H,3,6-7H2. The number of anilines is 1. The van der Waals surface area contributed by atoms with E-state index >= 15 is 0 Å². The SMILES string of the molecule is c1cc(N2CCc3ncsc3C2)ccn1. The first kappa shape index (κ1) is 8.85. The van der Waals surface area contributed by atoms with Crippen LogP contribution in [0.5, 0.6) is 0 Å². The Morgan fingerprint density at radius 2 is 2.13 bits per heavy atom. The fraction of sp³-hybridized carbons (Fsp3) is 0.273. The van der Waals surface area contributed by atoms with E-state index in [1.54, 1.807) is 11.3 Å². The van der Waals surface area contributed by atoms with Crippen molar-refractivity contribution in [2.24, 2.45) is 0 Å². The van der Waals surface area contributed by atoms with Gasteiger partial charge in [-0.1, -0.05) is 0 Å². The number of hydrogen-bond donors (Lipinski definition) is 0. The summed E-state index contributed by atoms with van der Waals surface area (Å²) in [7, 11) is 0. The molecule has 0 amide bonds. The van der Waals surface area contributed by atoms with E-state index in [0.29, 0.717) is 0 Å². The lowest BCUT2D eigenvalue weighted by Gasteiger charge is -2.27. The number of rotatable bonds is 1. The largest absolute Gasteiger partial charge is 0.366 e. The summed E-state index contributed by atoms with van der Waals surface area (Å²) in [5.41, 5.74) is 4.48. The van der Waals surface area contributed by atoms with Gasteiger partial charge in [0.2, 0.25) is 0 Å². The summed E-state index contributed by atoms with van der Waals surface area (Å²) in [6.45, 7) is 2.05. The minimum atomic E-state index is 0.990. The molecule has 1 aliphatic rings. The summed E-state index contributed by atoms with van der Waals surface area (Å²) >= 11 is 1.76. The molecule has 0 atom stereocenters. The van der Waals surface area contributed by atoms with Crippen LogP contribution in [0.1, 0.15) is 10.6 Å². The molecule has 2 aromatic rings. The highest BCUT2D eigenvalue weighted by atomic mass is 32.1. The Balaban J connectivity index is 1.88. The molecule has 0 saturated heterocycles. The van der Waals surface area contributed by atoms with Crippen molar-refractivity contribution in [3.63, 3.8) is 0 Å². The maximum atomic E-state index is 4.36. The lowest BCUT2D eigenvalue weighted by molar-refractivity contribution is 0.728. The van der Waals surface area contributed by atoms with Crippen LogP contribution >= 0.6 is 11.3 Å². The van der Waals surface area contributed by atoms with Crippen LogP contribution in [0, 0.1) is 0 Å². The Bertz CT molecular complexity index is 452. The van der Waals surface area contributed by atoms with Crippen molar-refractivity contribution >= 4 is 17.0 Å². The lowest BCUT2D eigenvalue weighted by atomic mass is 10.1. The third kappa shape index (κ3) is 1.61. The number of aromatic nitrogens is 2. The number of hydrogen-bond acceptors (Lipinski definition) is 4. The predicted octanol–water partition coefficient (Wildman–Crippen LogP) is 2.10. The Labute approximate surface area is 92.4 Å². The Morgan fingerprint density at radius 3 is 3.00 bits per heavy atom. The summed E-state index contributed by atoms with van der Waals surface area (Å²) in [6.07, 6.45) is 4.75. The Kier molecular flexibility index (Phi) is 2.14. The molecule has 3 nitrogen and oxygen atoms in total. The van der Waals surface area contributed by atoms with Crippen molar-refractivity contribution in [3.8, 4) is 0 Å². The fourth-order valence-corrected chi connectivity index (χ4v) is 2.72. The molecule has 0 aliphatic carbocycles. The minimum absolute atomic E-state index is 0.990. The molecule has 0 spiro atoms. The van der Waals surface area contributed by atoms with E-state index in [2.05, 4.69) is 27.0 Å². The average molecular weight is 217 g/mol. The van der Waals surface area contributed by atoms with E-state index in [1.807, 2.05) is 17.9 Å². The summed E-state index contributed by atoms with van der Waals surface area (Å²) in [5.74, 6) is 0. The fourth-order valence-electron chi connectivity index (χ4n) is 1.89. The van der Waals surface area contributed by atoms with Gasteiger partial charge in [0.05, 0.1) is 17.7 Å². The highest BCUT2D eigenvalue weighted by Crippen LogP contribution is 2.25. The molecule has 0 unspecified atom stereocenters. The van der Waals surface area contributed by atoms with Crippen molar-refractivity contribution in [3.05, 3.63) is 40.6 Å². The van der Waals surface area contributed by atoms with Crippen LogP contribution < -0.4 is 4.90 Å². The van der Waals surface area contributed by atoms with Gasteiger partial charge in [-0.2, -0.15) is 0 Å². The van der Waals surface area contributed by atoms with E-state index in [9.17, 15) is 0 Å². The molecule has 1 aliphatic heterocycles. The van der Waals surface area contributed by atoms with Gasteiger partial charge in [0.15, 0.2) is 0 Å². The van der Waals surface area contributed by atoms with Gasteiger partial charge in [-0.05, 0) is 12.1 Å². The van der Waals surface area contributed by atoms with Gasteiger partial charge in [-0.3, -0.25) is 4.98 Å². The van der Waals surface area contributed by atoms with Crippen molar-refractivity contribution in [1.29, 1.82) is 0 Å². The van der Waals surface area contributed by atoms with Gasteiger partial charge in [-0.25, -0.2) is 4.98 Å². The van der Waals surface area contributed by atoms with Gasteiger partial charge >= 0.3 is 0 Å². The minimum Gasteiger partial charge on any atom is -0.366 e. The molecule has 0 N–H and O–H groups in total. The number of fused-ring (bicyclic) bond motifs is 1. The molecule has 3 rings (SSSR count). The van der Waals surface area contributed by atoms with E-state index in [0.717, 1.165) is 19.5 Å². The maximum absolute atomic E-state index is 4.36. The van der Waals surface area contributed by atoms with Crippen molar-refractivity contribution < 1.29 is 0 Å². The van der Waals surface area contributed by atoms with E-state index in [-0.39, 0.29) is 0 Å². The van der Waals surface area contributed by atoms with Gasteiger partial charge < -0.3 is 4.90 Å². The molecule has 0 saturated carbocycles.